The zero-order chi connectivity index (χ0) is 20.0. The van der Waals surface area contributed by atoms with E-state index >= 15 is 0 Å². The van der Waals surface area contributed by atoms with Crippen LogP contribution in [0.3, 0.4) is 0 Å². The van der Waals surface area contributed by atoms with Crippen molar-refractivity contribution in [2.45, 2.75) is 45.8 Å². The van der Waals surface area contributed by atoms with Gasteiger partial charge in [-0.3, -0.25) is 4.79 Å². The highest BCUT2D eigenvalue weighted by Gasteiger charge is 2.52. The summed E-state index contributed by atoms with van der Waals surface area (Å²) < 4.78 is 12.3. The molecule has 0 unspecified atom stereocenters. The molecule has 10 heteroatoms. The predicted octanol–water partition coefficient (Wildman–Crippen LogP) is 4.56. The Morgan fingerprint density at radius 3 is 2.48 bits per heavy atom. The molecule has 0 atom stereocenters. The number of rotatable bonds is 4. The van der Waals surface area contributed by atoms with Gasteiger partial charge in [-0.1, -0.05) is 29.4 Å². The number of aromatic nitrogens is 3. The number of H-pyrrole nitrogens is 1. The third kappa shape index (κ3) is 4.20. The lowest BCUT2D eigenvalue weighted by Gasteiger charge is -2.32. The van der Waals surface area contributed by atoms with Crippen molar-refractivity contribution >= 4 is 64.3 Å². The number of hydrogen-bond acceptors (Lipinski definition) is 6. The molecule has 1 fully saturated rings. The quantitative estimate of drug-likeness (QED) is 0.437. The van der Waals surface area contributed by atoms with Gasteiger partial charge in [0, 0.05) is 24.4 Å². The summed E-state index contributed by atoms with van der Waals surface area (Å²) in [6.45, 7) is 9.48. The molecule has 1 N–H and O–H groups in total. The van der Waals surface area contributed by atoms with Crippen molar-refractivity contribution in [2.75, 3.05) is 5.75 Å². The van der Waals surface area contributed by atoms with E-state index in [-0.39, 0.29) is 15.6 Å². The maximum absolute atomic E-state index is 11.5. The van der Waals surface area contributed by atoms with Crippen LogP contribution in [-0.4, -0.2) is 44.1 Å². The van der Waals surface area contributed by atoms with E-state index in [2.05, 4.69) is 15.0 Å². The van der Waals surface area contributed by atoms with Crippen molar-refractivity contribution < 1.29 is 14.1 Å². The summed E-state index contributed by atoms with van der Waals surface area (Å²) in [7, 11) is -0.571. The molecular formula is C17H20BCl2N3O3S. The average Bonchev–Trinajstić information content (AvgIpc) is 3.01. The van der Waals surface area contributed by atoms with Gasteiger partial charge in [-0.25, -0.2) is 4.98 Å². The van der Waals surface area contributed by atoms with E-state index in [0.717, 1.165) is 11.0 Å². The van der Waals surface area contributed by atoms with Crippen LogP contribution in [0, 0.1) is 0 Å². The second kappa shape index (κ2) is 7.41. The lowest BCUT2D eigenvalue weighted by atomic mass is 9.78. The normalized spacial score (nSPS) is 19.1. The van der Waals surface area contributed by atoms with Crippen molar-refractivity contribution in [1.82, 2.24) is 15.0 Å². The molecule has 144 valence electrons. The summed E-state index contributed by atoms with van der Waals surface area (Å²) >= 11 is 13.3. The Morgan fingerprint density at radius 1 is 1.26 bits per heavy atom. The molecule has 0 radical (unpaired) electrons. The average molecular weight is 428 g/mol. The first kappa shape index (κ1) is 20.7. The van der Waals surface area contributed by atoms with Crippen LogP contribution in [-0.2, 0) is 14.1 Å². The number of carbonyl (C=O) groups is 1. The molecule has 3 rings (SSSR count). The first-order chi connectivity index (χ1) is 12.5. The lowest BCUT2D eigenvalue weighted by Crippen LogP contribution is -2.41. The topological polar surface area (TPSA) is 77.1 Å². The monoisotopic (exact) mass is 427 g/mol. The zero-order valence-corrected chi connectivity index (χ0v) is 18.1. The van der Waals surface area contributed by atoms with Gasteiger partial charge in [0.2, 0.25) is 5.28 Å². The molecule has 0 saturated carbocycles. The van der Waals surface area contributed by atoms with Crippen LogP contribution in [0.15, 0.2) is 11.7 Å². The van der Waals surface area contributed by atoms with E-state index in [4.69, 9.17) is 32.5 Å². The molecule has 1 saturated heterocycles. The van der Waals surface area contributed by atoms with Crippen molar-refractivity contribution in [3.05, 3.63) is 27.7 Å². The highest BCUT2D eigenvalue weighted by Crippen LogP contribution is 2.40. The summed E-state index contributed by atoms with van der Waals surface area (Å²) in [4.78, 5) is 22.7. The van der Waals surface area contributed by atoms with E-state index in [1.165, 1.54) is 18.7 Å². The zero-order valence-electron chi connectivity index (χ0n) is 15.7. The molecule has 0 aliphatic carbocycles. The minimum Gasteiger partial charge on any atom is -0.400 e. The smallest absolute Gasteiger partial charge is 0.400 e. The number of hydrogen-bond donors (Lipinski definition) is 1. The van der Waals surface area contributed by atoms with Gasteiger partial charge >= 0.3 is 7.12 Å². The van der Waals surface area contributed by atoms with E-state index < -0.39 is 18.3 Å². The van der Waals surface area contributed by atoms with Crippen molar-refractivity contribution in [3.63, 3.8) is 0 Å². The van der Waals surface area contributed by atoms with E-state index in [0.29, 0.717) is 16.8 Å². The van der Waals surface area contributed by atoms with Gasteiger partial charge in [-0.2, -0.15) is 4.98 Å². The summed E-state index contributed by atoms with van der Waals surface area (Å²) in [6.07, 6.45) is 3.67. The van der Waals surface area contributed by atoms with Crippen LogP contribution in [0.5, 0.6) is 0 Å². The maximum atomic E-state index is 11.5. The predicted molar refractivity (Wildman–Crippen MR) is 111 cm³/mol. The molecule has 0 amide bonds. The van der Waals surface area contributed by atoms with Crippen LogP contribution >= 0.6 is 35.0 Å². The van der Waals surface area contributed by atoms with Gasteiger partial charge in [-0.15, -0.1) is 0 Å². The van der Waals surface area contributed by atoms with Crippen molar-refractivity contribution in [3.8, 4) is 0 Å². The highest BCUT2D eigenvalue weighted by molar-refractivity contribution is 8.13. The van der Waals surface area contributed by atoms with Crippen molar-refractivity contribution in [2.24, 2.45) is 0 Å². The Hall–Kier alpha value is -1.06. The number of nitrogens with zero attached hydrogens (tertiary/aromatic N) is 2. The van der Waals surface area contributed by atoms with Gasteiger partial charge in [-0.05, 0) is 44.8 Å². The van der Waals surface area contributed by atoms with Crippen LogP contribution in [0.4, 0.5) is 0 Å². The van der Waals surface area contributed by atoms with Crippen LogP contribution in [0.2, 0.25) is 10.4 Å². The maximum Gasteiger partial charge on any atom is 0.491 e. The fourth-order valence-corrected chi connectivity index (χ4v) is 3.74. The second-order valence-electron chi connectivity index (χ2n) is 7.34. The van der Waals surface area contributed by atoms with Crippen LogP contribution in [0.1, 0.15) is 40.2 Å². The number of thioether (sulfide) groups is 1. The number of halogens is 2. The molecule has 2 aromatic heterocycles. The molecule has 0 aromatic carbocycles. The van der Waals surface area contributed by atoms with E-state index in [9.17, 15) is 4.79 Å². The van der Waals surface area contributed by atoms with Crippen LogP contribution in [0.25, 0.3) is 17.1 Å². The fourth-order valence-electron chi connectivity index (χ4n) is 2.66. The van der Waals surface area contributed by atoms with Gasteiger partial charge in [0.25, 0.3) is 0 Å². The highest BCUT2D eigenvalue weighted by atomic mass is 35.5. The third-order valence-corrected chi connectivity index (χ3v) is 6.16. The SMILES string of the molecule is CC(=O)SCC(=Cc1c[nH]c2nc(Cl)nc(Cl)c12)B1OC(C)(C)C(C)(C)O1. The second-order valence-corrected chi connectivity index (χ2v) is 9.19. The molecule has 0 bridgehead atoms. The van der Waals surface area contributed by atoms with Gasteiger partial charge in [0.1, 0.15) is 10.8 Å². The summed E-state index contributed by atoms with van der Waals surface area (Å²) in [6, 6.07) is 0. The minimum atomic E-state index is -0.571. The molecule has 2 aromatic rings. The number of carbonyl (C=O) groups excluding carboxylic acids is 1. The molecule has 27 heavy (non-hydrogen) atoms. The largest absolute Gasteiger partial charge is 0.491 e. The number of nitrogens with one attached hydrogen (secondary N) is 1. The van der Waals surface area contributed by atoms with Crippen LogP contribution < -0.4 is 0 Å². The summed E-state index contributed by atoms with van der Waals surface area (Å²) in [5.41, 5.74) is 1.18. The van der Waals surface area contributed by atoms with E-state index in [1.54, 1.807) is 6.20 Å². The Morgan fingerprint density at radius 2 is 1.89 bits per heavy atom. The minimum absolute atomic E-state index is 0.0180. The first-order valence-electron chi connectivity index (χ1n) is 8.40. The Balaban J connectivity index is 2.03. The summed E-state index contributed by atoms with van der Waals surface area (Å²) in [5.74, 6) is 0.435. The number of fused-ring (bicyclic) bond motifs is 1. The Labute approximate surface area is 172 Å². The standard InChI is InChI=1S/C17H20BCl2N3O3S/c1-9(24)27-8-11(18-25-16(2,3)17(4,5)26-18)6-10-7-21-14-12(10)13(19)22-15(20)23-14/h6-7H,8H2,1-5H3,(H,21,22,23). The molecule has 3 heterocycles. The third-order valence-electron chi connectivity index (χ3n) is 4.83. The fraction of sp³-hybridized carbons (Fsp3) is 0.471. The first-order valence-corrected chi connectivity index (χ1v) is 10.1. The molecule has 1 aliphatic heterocycles. The van der Waals surface area contributed by atoms with Gasteiger partial charge in [0.05, 0.1) is 16.6 Å². The van der Waals surface area contributed by atoms with Crippen molar-refractivity contribution in [1.29, 1.82) is 0 Å². The number of aromatic amines is 1. The molecular weight excluding hydrogens is 408 g/mol. The molecule has 0 spiro atoms. The van der Waals surface area contributed by atoms with Gasteiger partial charge in [0.15, 0.2) is 5.12 Å². The summed E-state index contributed by atoms with van der Waals surface area (Å²) in [5, 5.41) is 1.00. The molecule has 1 aliphatic rings. The molecule has 6 nitrogen and oxygen atoms in total. The Kier molecular flexibility index (Phi) is 5.67. The Bertz CT molecular complexity index is 914. The van der Waals surface area contributed by atoms with E-state index in [1.807, 2.05) is 33.8 Å². The lowest BCUT2D eigenvalue weighted by molar-refractivity contribution is -0.109. The van der Waals surface area contributed by atoms with Gasteiger partial charge < -0.3 is 14.3 Å².